The minimum absolute atomic E-state index is 0.209. The van der Waals surface area contributed by atoms with Crippen LogP contribution in [0.5, 0.6) is 0 Å². The summed E-state index contributed by atoms with van der Waals surface area (Å²) >= 11 is 4.92. The number of amides is 1. The molecule has 8 heteroatoms. The summed E-state index contributed by atoms with van der Waals surface area (Å²) < 4.78 is 12.3. The second kappa shape index (κ2) is 8.00. The van der Waals surface area contributed by atoms with Gasteiger partial charge in [-0.15, -0.1) is 10.2 Å². The summed E-state index contributed by atoms with van der Waals surface area (Å²) in [6, 6.07) is 7.91. The number of hydrogen-bond acceptors (Lipinski definition) is 6. The lowest BCUT2D eigenvalue weighted by molar-refractivity contribution is 0.0201. The van der Waals surface area contributed by atoms with Crippen LogP contribution in [0, 0.1) is 0 Å². The highest BCUT2D eigenvalue weighted by Crippen LogP contribution is 2.34. The normalized spacial score (nSPS) is 17.5. The van der Waals surface area contributed by atoms with Crippen molar-refractivity contribution >= 4 is 33.8 Å². The van der Waals surface area contributed by atoms with E-state index in [1.807, 2.05) is 32.9 Å². The molecule has 6 nitrogen and oxygen atoms in total. The monoisotopic (exact) mass is 439 g/mol. The van der Waals surface area contributed by atoms with E-state index in [-0.39, 0.29) is 12.1 Å². The average Bonchev–Trinajstić information content (AvgIpc) is 3.21. The van der Waals surface area contributed by atoms with E-state index in [0.717, 1.165) is 23.1 Å². The minimum Gasteiger partial charge on any atom is -0.444 e. The Bertz CT molecular complexity index is 758. The molecule has 0 spiro atoms. The highest BCUT2D eigenvalue weighted by atomic mass is 79.9. The molecule has 1 aliphatic rings. The van der Waals surface area contributed by atoms with Crippen LogP contribution >= 0.6 is 27.7 Å². The van der Waals surface area contributed by atoms with Crippen LogP contribution in [0.3, 0.4) is 0 Å². The summed E-state index contributed by atoms with van der Waals surface area (Å²) in [4.78, 5) is 14.1. The highest BCUT2D eigenvalue weighted by Gasteiger charge is 2.36. The molecular formula is C18H22BrN3O3S. The predicted octanol–water partition coefficient (Wildman–Crippen LogP) is 5.20. The van der Waals surface area contributed by atoms with Gasteiger partial charge in [0.05, 0.1) is 0 Å². The Kier molecular flexibility index (Phi) is 5.92. The SMILES string of the molecule is CC(C)(C)OC(=O)N1CCCC1c1nnc(SCc2ccc(Br)cc2)o1. The van der Waals surface area contributed by atoms with Crippen LogP contribution in [0.25, 0.3) is 0 Å². The summed E-state index contributed by atoms with van der Waals surface area (Å²) in [7, 11) is 0. The van der Waals surface area contributed by atoms with Crippen LogP contribution < -0.4 is 0 Å². The number of likely N-dealkylation sites (tertiary alicyclic amines) is 1. The molecule has 0 bridgehead atoms. The van der Waals surface area contributed by atoms with Crippen molar-refractivity contribution in [1.82, 2.24) is 15.1 Å². The van der Waals surface area contributed by atoms with Gasteiger partial charge in [0.15, 0.2) is 0 Å². The molecule has 1 atom stereocenters. The van der Waals surface area contributed by atoms with Crippen molar-refractivity contribution in [1.29, 1.82) is 0 Å². The van der Waals surface area contributed by atoms with Crippen molar-refractivity contribution in [3.8, 4) is 0 Å². The zero-order valence-electron chi connectivity index (χ0n) is 15.1. The van der Waals surface area contributed by atoms with E-state index < -0.39 is 5.60 Å². The molecule has 1 aromatic carbocycles. The molecule has 1 aromatic heterocycles. The molecule has 2 aromatic rings. The first kappa shape index (κ1) is 19.2. The molecule has 3 rings (SSSR count). The van der Waals surface area contributed by atoms with E-state index in [0.29, 0.717) is 17.7 Å². The first-order valence-corrected chi connectivity index (χ1v) is 10.3. The minimum atomic E-state index is -0.523. The lowest BCUT2D eigenvalue weighted by Gasteiger charge is -2.27. The Hall–Kier alpha value is -1.54. The fraction of sp³-hybridized carbons (Fsp3) is 0.500. The standard InChI is InChI=1S/C18H22BrN3O3S/c1-18(2,3)25-17(23)22-10-4-5-14(22)15-20-21-16(24-15)26-11-12-6-8-13(19)9-7-12/h6-9,14H,4-5,10-11H2,1-3H3. The number of benzene rings is 1. The third kappa shape index (κ3) is 5.01. The largest absolute Gasteiger partial charge is 0.444 e. The maximum Gasteiger partial charge on any atom is 0.410 e. The Morgan fingerprint density at radius 2 is 2.08 bits per heavy atom. The Morgan fingerprint density at radius 3 is 2.77 bits per heavy atom. The summed E-state index contributed by atoms with van der Waals surface area (Å²) in [6.45, 7) is 6.22. The highest BCUT2D eigenvalue weighted by molar-refractivity contribution is 9.10. The molecule has 1 saturated heterocycles. The number of carbonyl (C=O) groups is 1. The smallest absolute Gasteiger partial charge is 0.410 e. The van der Waals surface area contributed by atoms with Crippen molar-refractivity contribution in [2.45, 2.75) is 56.2 Å². The number of halogens is 1. The number of nitrogens with zero attached hydrogens (tertiary/aromatic N) is 3. The third-order valence-corrected chi connectivity index (χ3v) is 5.28. The maximum atomic E-state index is 12.4. The average molecular weight is 440 g/mol. The third-order valence-electron chi connectivity index (χ3n) is 3.86. The van der Waals surface area contributed by atoms with Gasteiger partial charge in [-0.1, -0.05) is 39.8 Å². The number of ether oxygens (including phenoxy) is 1. The summed E-state index contributed by atoms with van der Waals surface area (Å²) in [6.07, 6.45) is 1.37. The van der Waals surface area contributed by atoms with Crippen LogP contribution in [-0.2, 0) is 10.5 Å². The zero-order valence-corrected chi connectivity index (χ0v) is 17.5. The van der Waals surface area contributed by atoms with Crippen LogP contribution in [0.4, 0.5) is 4.79 Å². The number of carbonyl (C=O) groups excluding carboxylic acids is 1. The summed E-state index contributed by atoms with van der Waals surface area (Å²) in [5.74, 6) is 1.22. The van der Waals surface area contributed by atoms with E-state index >= 15 is 0 Å². The van der Waals surface area contributed by atoms with Gasteiger partial charge < -0.3 is 9.15 Å². The molecule has 1 fully saturated rings. The van der Waals surface area contributed by atoms with Crippen LogP contribution in [-0.4, -0.2) is 33.3 Å². The maximum absolute atomic E-state index is 12.4. The molecule has 1 aliphatic heterocycles. The molecule has 0 saturated carbocycles. The Morgan fingerprint density at radius 1 is 1.35 bits per heavy atom. The molecule has 2 heterocycles. The molecular weight excluding hydrogens is 418 g/mol. The van der Waals surface area contributed by atoms with Crippen molar-refractivity contribution in [2.75, 3.05) is 6.54 Å². The molecule has 26 heavy (non-hydrogen) atoms. The van der Waals surface area contributed by atoms with Gasteiger partial charge in [0, 0.05) is 16.8 Å². The van der Waals surface area contributed by atoms with Gasteiger partial charge in [-0.2, -0.15) is 0 Å². The van der Waals surface area contributed by atoms with Gasteiger partial charge in [-0.3, -0.25) is 4.90 Å². The van der Waals surface area contributed by atoms with Crippen molar-refractivity contribution in [3.63, 3.8) is 0 Å². The molecule has 0 aliphatic carbocycles. The number of aromatic nitrogens is 2. The summed E-state index contributed by atoms with van der Waals surface area (Å²) in [5.41, 5.74) is 0.652. The van der Waals surface area contributed by atoms with Gasteiger partial charge in [-0.25, -0.2) is 4.79 Å². The second-order valence-corrected chi connectivity index (χ2v) is 9.00. The first-order valence-electron chi connectivity index (χ1n) is 8.52. The van der Waals surface area contributed by atoms with Crippen LogP contribution in [0.15, 0.2) is 38.4 Å². The molecule has 140 valence electrons. The lowest BCUT2D eigenvalue weighted by atomic mass is 10.2. The fourth-order valence-corrected chi connectivity index (χ4v) is 3.69. The Balaban J connectivity index is 1.62. The van der Waals surface area contributed by atoms with E-state index in [9.17, 15) is 4.79 Å². The van der Waals surface area contributed by atoms with Gasteiger partial charge in [0.2, 0.25) is 5.89 Å². The molecule has 1 amide bonds. The number of hydrogen-bond donors (Lipinski definition) is 0. The van der Waals surface area contributed by atoms with E-state index in [4.69, 9.17) is 9.15 Å². The molecule has 0 N–H and O–H groups in total. The summed E-state index contributed by atoms with van der Waals surface area (Å²) in [5, 5.41) is 8.79. The van der Waals surface area contributed by atoms with Gasteiger partial charge >= 0.3 is 6.09 Å². The zero-order chi connectivity index (χ0) is 18.7. The van der Waals surface area contributed by atoms with Crippen LogP contribution in [0.2, 0.25) is 0 Å². The van der Waals surface area contributed by atoms with Crippen molar-refractivity contribution in [3.05, 3.63) is 40.2 Å². The topological polar surface area (TPSA) is 68.5 Å². The number of rotatable bonds is 4. The van der Waals surface area contributed by atoms with Crippen molar-refractivity contribution in [2.24, 2.45) is 0 Å². The quantitative estimate of drug-likeness (QED) is 0.609. The van der Waals surface area contributed by atoms with E-state index in [2.05, 4.69) is 38.3 Å². The van der Waals surface area contributed by atoms with E-state index in [1.54, 1.807) is 4.90 Å². The van der Waals surface area contributed by atoms with Gasteiger partial charge in [-0.05, 0) is 51.3 Å². The fourth-order valence-electron chi connectivity index (χ4n) is 2.70. The predicted molar refractivity (Wildman–Crippen MR) is 103 cm³/mol. The number of thioether (sulfide) groups is 1. The first-order chi connectivity index (χ1) is 12.3. The molecule has 1 unspecified atom stereocenters. The van der Waals surface area contributed by atoms with Crippen molar-refractivity contribution < 1.29 is 13.9 Å². The van der Waals surface area contributed by atoms with Gasteiger partial charge in [0.25, 0.3) is 5.22 Å². The van der Waals surface area contributed by atoms with E-state index in [1.165, 1.54) is 17.3 Å². The Labute approximate surface area is 165 Å². The second-order valence-electron chi connectivity index (χ2n) is 7.15. The lowest BCUT2D eigenvalue weighted by Crippen LogP contribution is -2.36. The molecule has 0 radical (unpaired) electrons. The van der Waals surface area contributed by atoms with Gasteiger partial charge in [0.1, 0.15) is 11.6 Å². The van der Waals surface area contributed by atoms with Crippen LogP contribution in [0.1, 0.15) is 51.1 Å².